The summed E-state index contributed by atoms with van der Waals surface area (Å²) in [6.45, 7) is 9.69. The molecular weight excluding hydrogens is 266 g/mol. The molecule has 0 aliphatic rings. The topological polar surface area (TPSA) is 64.7 Å². The van der Waals surface area contributed by atoms with Gasteiger partial charge in [-0.1, -0.05) is 20.8 Å². The van der Waals surface area contributed by atoms with Crippen molar-refractivity contribution in [1.82, 2.24) is 24.9 Å². The van der Waals surface area contributed by atoms with Crippen LogP contribution in [0, 0.1) is 5.41 Å². The Morgan fingerprint density at radius 1 is 1.33 bits per heavy atom. The quantitative estimate of drug-likeness (QED) is 0.915. The second kappa shape index (κ2) is 6.11. The van der Waals surface area contributed by atoms with E-state index in [0.29, 0.717) is 12.2 Å². The predicted octanol–water partition coefficient (Wildman–Crippen LogP) is 1.94. The molecule has 0 unspecified atom stereocenters. The molecular formula is C15H23N5O. The first-order chi connectivity index (χ1) is 9.90. The molecule has 0 bridgehead atoms. The zero-order valence-electron chi connectivity index (χ0n) is 13.1. The van der Waals surface area contributed by atoms with Gasteiger partial charge in [0.2, 0.25) is 0 Å². The summed E-state index contributed by atoms with van der Waals surface area (Å²) < 4.78 is 3.58. The van der Waals surface area contributed by atoms with E-state index >= 15 is 0 Å². The highest BCUT2D eigenvalue weighted by molar-refractivity contribution is 5.92. The molecule has 2 aromatic rings. The smallest absolute Gasteiger partial charge is 0.272 e. The number of nitrogens with one attached hydrogen (secondary N) is 1. The molecule has 1 amide bonds. The van der Waals surface area contributed by atoms with Crippen LogP contribution in [-0.4, -0.2) is 31.5 Å². The average Bonchev–Trinajstić information content (AvgIpc) is 3.07. The molecule has 21 heavy (non-hydrogen) atoms. The summed E-state index contributed by atoms with van der Waals surface area (Å²) in [6.07, 6.45) is 5.45. The van der Waals surface area contributed by atoms with Crippen LogP contribution in [0.1, 0.15) is 38.2 Å². The van der Waals surface area contributed by atoms with Crippen LogP contribution in [0.2, 0.25) is 0 Å². The van der Waals surface area contributed by atoms with Gasteiger partial charge in [0.1, 0.15) is 5.69 Å². The monoisotopic (exact) mass is 289 g/mol. The van der Waals surface area contributed by atoms with Gasteiger partial charge in [-0.2, -0.15) is 10.2 Å². The van der Waals surface area contributed by atoms with E-state index in [1.807, 2.05) is 30.1 Å². The van der Waals surface area contributed by atoms with E-state index in [4.69, 9.17) is 0 Å². The van der Waals surface area contributed by atoms with Gasteiger partial charge in [0.25, 0.3) is 5.91 Å². The van der Waals surface area contributed by atoms with Crippen molar-refractivity contribution in [2.45, 2.75) is 46.8 Å². The normalized spacial score (nSPS) is 13.1. The molecule has 114 valence electrons. The lowest BCUT2D eigenvalue weighted by atomic mass is 9.86. The first-order valence-electron chi connectivity index (χ1n) is 7.22. The van der Waals surface area contributed by atoms with Gasteiger partial charge in [0.15, 0.2) is 0 Å². The fourth-order valence-corrected chi connectivity index (χ4v) is 2.02. The second-order valence-electron chi connectivity index (χ2n) is 6.18. The molecule has 0 saturated carbocycles. The van der Waals surface area contributed by atoms with Crippen molar-refractivity contribution in [3.8, 4) is 0 Å². The average molecular weight is 289 g/mol. The van der Waals surface area contributed by atoms with Crippen LogP contribution in [0.15, 0.2) is 30.7 Å². The standard InChI is InChI=1S/C15H23N5O/c1-5-19-10-7-12(18-19)14(21)17-13(15(2,3)4)11-20-9-6-8-16-20/h6-10,13H,5,11H2,1-4H3,(H,17,21)/t13-/m0/s1. The van der Waals surface area contributed by atoms with E-state index in [-0.39, 0.29) is 17.4 Å². The molecule has 2 rings (SSSR count). The number of carbonyl (C=O) groups excluding carboxylic acids is 1. The fraction of sp³-hybridized carbons (Fsp3) is 0.533. The highest BCUT2D eigenvalue weighted by atomic mass is 16.2. The molecule has 6 nitrogen and oxygen atoms in total. The zero-order chi connectivity index (χ0) is 15.5. The zero-order valence-corrected chi connectivity index (χ0v) is 13.1. The third-order valence-corrected chi connectivity index (χ3v) is 3.48. The van der Waals surface area contributed by atoms with Gasteiger partial charge in [-0.3, -0.25) is 14.2 Å². The van der Waals surface area contributed by atoms with Gasteiger partial charge in [-0.05, 0) is 24.5 Å². The number of nitrogens with zero attached hydrogens (tertiary/aromatic N) is 4. The van der Waals surface area contributed by atoms with Crippen LogP contribution >= 0.6 is 0 Å². The van der Waals surface area contributed by atoms with E-state index in [9.17, 15) is 4.79 Å². The Morgan fingerprint density at radius 2 is 2.10 bits per heavy atom. The van der Waals surface area contributed by atoms with Crippen molar-refractivity contribution in [2.75, 3.05) is 0 Å². The maximum absolute atomic E-state index is 12.3. The van der Waals surface area contributed by atoms with Crippen molar-refractivity contribution in [2.24, 2.45) is 5.41 Å². The molecule has 0 radical (unpaired) electrons. The van der Waals surface area contributed by atoms with E-state index in [2.05, 4.69) is 36.3 Å². The number of aromatic nitrogens is 4. The van der Waals surface area contributed by atoms with Gasteiger partial charge < -0.3 is 5.32 Å². The van der Waals surface area contributed by atoms with Crippen molar-refractivity contribution in [3.63, 3.8) is 0 Å². The van der Waals surface area contributed by atoms with E-state index in [1.54, 1.807) is 16.9 Å². The van der Waals surface area contributed by atoms with Crippen LogP contribution in [0.3, 0.4) is 0 Å². The van der Waals surface area contributed by atoms with Gasteiger partial charge in [-0.15, -0.1) is 0 Å². The van der Waals surface area contributed by atoms with Crippen LogP contribution in [0.4, 0.5) is 0 Å². The molecule has 1 atom stereocenters. The maximum atomic E-state index is 12.3. The van der Waals surface area contributed by atoms with Crippen LogP contribution in [-0.2, 0) is 13.1 Å². The summed E-state index contributed by atoms with van der Waals surface area (Å²) in [5, 5.41) is 11.5. The van der Waals surface area contributed by atoms with Crippen LogP contribution in [0.25, 0.3) is 0 Å². The first-order valence-corrected chi connectivity index (χ1v) is 7.22. The number of aryl methyl sites for hydroxylation is 1. The molecule has 1 N–H and O–H groups in total. The van der Waals surface area contributed by atoms with Crippen molar-refractivity contribution in [1.29, 1.82) is 0 Å². The highest BCUT2D eigenvalue weighted by Gasteiger charge is 2.27. The molecule has 0 saturated heterocycles. The summed E-state index contributed by atoms with van der Waals surface area (Å²) >= 11 is 0. The minimum absolute atomic E-state index is 0.0309. The Balaban J connectivity index is 2.09. The molecule has 2 heterocycles. The summed E-state index contributed by atoms with van der Waals surface area (Å²) in [5.74, 6) is -0.144. The number of hydrogen-bond donors (Lipinski definition) is 1. The SMILES string of the molecule is CCn1ccc(C(=O)N[C@@H](Cn2cccn2)C(C)(C)C)n1. The Labute approximate surface area is 125 Å². The van der Waals surface area contributed by atoms with Crippen LogP contribution in [0.5, 0.6) is 0 Å². The van der Waals surface area contributed by atoms with Gasteiger partial charge in [-0.25, -0.2) is 0 Å². The van der Waals surface area contributed by atoms with Gasteiger partial charge in [0.05, 0.1) is 12.6 Å². The van der Waals surface area contributed by atoms with E-state index < -0.39 is 0 Å². The van der Waals surface area contributed by atoms with Crippen molar-refractivity contribution >= 4 is 5.91 Å². The lowest BCUT2D eigenvalue weighted by Gasteiger charge is -2.31. The van der Waals surface area contributed by atoms with E-state index in [1.165, 1.54) is 0 Å². The van der Waals surface area contributed by atoms with Gasteiger partial charge >= 0.3 is 0 Å². The maximum Gasteiger partial charge on any atom is 0.272 e. The molecule has 6 heteroatoms. The van der Waals surface area contributed by atoms with Crippen molar-refractivity contribution < 1.29 is 4.79 Å². The van der Waals surface area contributed by atoms with Crippen molar-refractivity contribution in [3.05, 3.63) is 36.4 Å². The van der Waals surface area contributed by atoms with Gasteiger partial charge in [0, 0.05) is 25.1 Å². The third kappa shape index (κ3) is 3.93. The lowest BCUT2D eigenvalue weighted by Crippen LogP contribution is -2.46. The number of amides is 1. The first kappa shape index (κ1) is 15.3. The largest absolute Gasteiger partial charge is 0.346 e. The number of hydrogen-bond acceptors (Lipinski definition) is 3. The van der Waals surface area contributed by atoms with E-state index in [0.717, 1.165) is 6.54 Å². The Hall–Kier alpha value is -2.11. The minimum Gasteiger partial charge on any atom is -0.346 e. The predicted molar refractivity (Wildman–Crippen MR) is 80.8 cm³/mol. The summed E-state index contributed by atoms with van der Waals surface area (Å²) in [7, 11) is 0. The lowest BCUT2D eigenvalue weighted by molar-refractivity contribution is 0.0884. The molecule has 0 spiro atoms. The second-order valence-corrected chi connectivity index (χ2v) is 6.18. The molecule has 0 aromatic carbocycles. The molecule has 0 aliphatic carbocycles. The third-order valence-electron chi connectivity index (χ3n) is 3.48. The Bertz CT molecular complexity index is 579. The van der Waals surface area contributed by atoms with Crippen LogP contribution < -0.4 is 5.32 Å². The number of rotatable bonds is 5. The Kier molecular flexibility index (Phi) is 4.45. The molecule has 0 fully saturated rings. The molecule has 2 aromatic heterocycles. The summed E-state index contributed by atoms with van der Waals surface area (Å²) in [5.41, 5.74) is 0.376. The molecule has 0 aliphatic heterocycles. The fourth-order valence-electron chi connectivity index (χ4n) is 2.02. The highest BCUT2D eigenvalue weighted by Crippen LogP contribution is 2.21. The number of carbonyl (C=O) groups is 1. The summed E-state index contributed by atoms with van der Waals surface area (Å²) in [4.78, 5) is 12.3. The summed E-state index contributed by atoms with van der Waals surface area (Å²) in [6, 6.07) is 3.59. The Morgan fingerprint density at radius 3 is 2.62 bits per heavy atom. The minimum atomic E-state index is -0.144.